The number of carbonyl (C=O) groups excluding carboxylic acids is 2. The summed E-state index contributed by atoms with van der Waals surface area (Å²) in [6.45, 7) is 1.40. The number of hydrogen-bond acceptors (Lipinski definition) is 4. The van der Waals surface area contributed by atoms with Gasteiger partial charge in [0.25, 0.3) is 5.91 Å². The van der Waals surface area contributed by atoms with Crippen LogP contribution >= 0.6 is 11.3 Å². The molecule has 5 nitrogen and oxygen atoms in total. The van der Waals surface area contributed by atoms with Crippen molar-refractivity contribution in [2.45, 2.75) is 38.1 Å². The van der Waals surface area contributed by atoms with Gasteiger partial charge in [-0.25, -0.2) is 0 Å². The van der Waals surface area contributed by atoms with Gasteiger partial charge in [0.2, 0.25) is 5.91 Å². The van der Waals surface area contributed by atoms with E-state index in [2.05, 4.69) is 22.3 Å². The lowest BCUT2D eigenvalue weighted by Gasteiger charge is -2.30. The molecule has 2 heterocycles. The van der Waals surface area contributed by atoms with E-state index in [0.717, 1.165) is 40.9 Å². The number of fused-ring (bicyclic) bond motifs is 1. The Hall–Kier alpha value is -1.92. The van der Waals surface area contributed by atoms with Crippen molar-refractivity contribution in [3.63, 3.8) is 0 Å². The van der Waals surface area contributed by atoms with Crippen molar-refractivity contribution in [1.82, 2.24) is 15.1 Å². The van der Waals surface area contributed by atoms with Crippen LogP contribution < -0.4 is 5.32 Å². The monoisotopic (exact) mass is 387 g/mol. The molecule has 1 atom stereocenters. The van der Waals surface area contributed by atoms with Crippen LogP contribution in [-0.2, 0) is 11.2 Å². The van der Waals surface area contributed by atoms with Gasteiger partial charge >= 0.3 is 0 Å². The zero-order valence-corrected chi connectivity index (χ0v) is 17.3. The molecule has 1 saturated heterocycles. The molecule has 146 valence electrons. The quantitative estimate of drug-likeness (QED) is 0.858. The largest absolute Gasteiger partial charge is 0.354 e. The molecular formula is C21H29N3O2S. The minimum Gasteiger partial charge on any atom is -0.354 e. The van der Waals surface area contributed by atoms with E-state index in [1.165, 1.54) is 18.2 Å². The van der Waals surface area contributed by atoms with Crippen LogP contribution in [0.5, 0.6) is 0 Å². The number of amides is 2. The Morgan fingerprint density at radius 3 is 2.74 bits per heavy atom. The number of rotatable bonds is 5. The highest BCUT2D eigenvalue weighted by molar-refractivity contribution is 7.21. The lowest BCUT2D eigenvalue weighted by molar-refractivity contribution is -0.130. The average molecular weight is 388 g/mol. The number of likely N-dealkylation sites (tertiary alicyclic amines) is 1. The second kappa shape index (κ2) is 8.85. The molecule has 0 saturated carbocycles. The molecule has 1 unspecified atom stereocenters. The number of nitrogens with zero attached hydrogens (tertiary/aromatic N) is 2. The Morgan fingerprint density at radius 1 is 1.22 bits per heavy atom. The normalized spacial score (nSPS) is 18.3. The van der Waals surface area contributed by atoms with E-state index in [1.54, 1.807) is 23.3 Å². The molecule has 6 heteroatoms. The molecule has 1 N–H and O–H groups in total. The summed E-state index contributed by atoms with van der Waals surface area (Å²) >= 11 is 1.56. The topological polar surface area (TPSA) is 52.7 Å². The van der Waals surface area contributed by atoms with Gasteiger partial charge < -0.3 is 10.2 Å². The Labute approximate surface area is 165 Å². The molecule has 1 fully saturated rings. The number of benzene rings is 1. The van der Waals surface area contributed by atoms with Crippen LogP contribution in [0.2, 0.25) is 0 Å². The SMILES string of the molecule is CNC(=O)c1sc2ccccc2c1CC1CCCCCN1CC(=O)N(C)C. The summed E-state index contributed by atoms with van der Waals surface area (Å²) in [5.41, 5.74) is 1.13. The van der Waals surface area contributed by atoms with Crippen LogP contribution in [0.1, 0.15) is 40.9 Å². The second-order valence-electron chi connectivity index (χ2n) is 7.45. The van der Waals surface area contributed by atoms with Crippen LogP contribution in [0.4, 0.5) is 0 Å². The molecular weight excluding hydrogens is 358 g/mol. The summed E-state index contributed by atoms with van der Waals surface area (Å²) in [5.74, 6) is 0.124. The molecule has 2 amide bonds. The van der Waals surface area contributed by atoms with E-state index < -0.39 is 0 Å². The summed E-state index contributed by atoms with van der Waals surface area (Å²) in [6.07, 6.45) is 5.39. The molecule has 1 aliphatic rings. The predicted molar refractivity (Wildman–Crippen MR) is 111 cm³/mol. The van der Waals surface area contributed by atoms with Gasteiger partial charge in [-0.1, -0.05) is 31.0 Å². The highest BCUT2D eigenvalue weighted by Crippen LogP contribution is 2.34. The third kappa shape index (κ3) is 4.50. The lowest BCUT2D eigenvalue weighted by Crippen LogP contribution is -2.43. The maximum atomic E-state index is 12.5. The van der Waals surface area contributed by atoms with Crippen LogP contribution in [0.25, 0.3) is 10.1 Å². The predicted octanol–water partition coefficient (Wildman–Crippen LogP) is 3.14. The Bertz CT molecular complexity index is 815. The number of hydrogen-bond donors (Lipinski definition) is 1. The summed E-state index contributed by atoms with van der Waals surface area (Å²) in [6, 6.07) is 8.53. The first-order valence-corrected chi connectivity index (χ1v) is 10.5. The summed E-state index contributed by atoms with van der Waals surface area (Å²) < 4.78 is 1.15. The molecule has 1 aromatic carbocycles. The van der Waals surface area contributed by atoms with Crippen molar-refractivity contribution in [2.24, 2.45) is 0 Å². The van der Waals surface area contributed by atoms with Crippen molar-refractivity contribution in [3.05, 3.63) is 34.7 Å². The summed E-state index contributed by atoms with van der Waals surface area (Å²) in [7, 11) is 5.31. The fourth-order valence-corrected chi connectivity index (χ4v) is 5.00. The summed E-state index contributed by atoms with van der Waals surface area (Å²) in [4.78, 5) is 29.6. The summed E-state index contributed by atoms with van der Waals surface area (Å²) in [5, 5.41) is 3.96. The second-order valence-corrected chi connectivity index (χ2v) is 8.50. The number of carbonyl (C=O) groups is 2. The van der Waals surface area contributed by atoms with Gasteiger partial charge in [0.1, 0.15) is 0 Å². The minimum absolute atomic E-state index is 0.0178. The number of thiophene rings is 1. The van der Waals surface area contributed by atoms with Gasteiger partial charge in [-0.3, -0.25) is 14.5 Å². The molecule has 0 spiro atoms. The van der Waals surface area contributed by atoms with Crippen LogP contribution in [0.15, 0.2) is 24.3 Å². The molecule has 27 heavy (non-hydrogen) atoms. The first-order valence-electron chi connectivity index (χ1n) is 9.68. The third-order valence-corrected chi connectivity index (χ3v) is 6.62. The first-order chi connectivity index (χ1) is 13.0. The average Bonchev–Trinajstić information content (AvgIpc) is 2.88. The number of nitrogens with one attached hydrogen (secondary N) is 1. The smallest absolute Gasteiger partial charge is 0.261 e. The Morgan fingerprint density at radius 2 is 2.00 bits per heavy atom. The van der Waals surface area contributed by atoms with Gasteiger partial charge in [-0.15, -0.1) is 11.3 Å². The standard InChI is InChI=1S/C21H29N3O2S/c1-22-21(26)20-17(16-10-6-7-11-18(16)27-20)13-15-9-5-4-8-12-24(15)14-19(25)23(2)3/h6-7,10-11,15H,4-5,8-9,12-14H2,1-3H3,(H,22,26). The molecule has 3 rings (SSSR count). The van der Waals surface area contributed by atoms with E-state index in [-0.39, 0.29) is 17.9 Å². The molecule has 2 aromatic rings. The molecule has 0 aliphatic carbocycles. The maximum absolute atomic E-state index is 12.5. The van der Waals surface area contributed by atoms with Crippen molar-refractivity contribution in [1.29, 1.82) is 0 Å². The van der Waals surface area contributed by atoms with Crippen LogP contribution in [0, 0.1) is 0 Å². The Kier molecular flexibility index (Phi) is 6.50. The highest BCUT2D eigenvalue weighted by Gasteiger charge is 2.27. The van der Waals surface area contributed by atoms with E-state index in [0.29, 0.717) is 6.54 Å². The fourth-order valence-electron chi connectivity index (χ4n) is 3.83. The minimum atomic E-state index is -0.0178. The lowest BCUT2D eigenvalue weighted by atomic mass is 9.98. The van der Waals surface area contributed by atoms with E-state index in [4.69, 9.17) is 0 Å². The van der Waals surface area contributed by atoms with Gasteiger partial charge in [0.05, 0.1) is 11.4 Å². The van der Waals surface area contributed by atoms with Crippen molar-refractivity contribution in [3.8, 4) is 0 Å². The first kappa shape index (κ1) is 19.8. The van der Waals surface area contributed by atoms with Crippen molar-refractivity contribution >= 4 is 33.2 Å². The Balaban J connectivity index is 1.93. The molecule has 0 radical (unpaired) electrons. The molecule has 0 bridgehead atoms. The van der Waals surface area contributed by atoms with E-state index in [9.17, 15) is 9.59 Å². The fraction of sp³-hybridized carbons (Fsp3) is 0.524. The van der Waals surface area contributed by atoms with Crippen LogP contribution in [0.3, 0.4) is 0 Å². The van der Waals surface area contributed by atoms with Gasteiger partial charge in [0.15, 0.2) is 0 Å². The van der Waals surface area contributed by atoms with Crippen LogP contribution in [-0.4, -0.2) is 61.9 Å². The van der Waals surface area contributed by atoms with Crippen molar-refractivity contribution in [2.75, 3.05) is 34.2 Å². The van der Waals surface area contributed by atoms with Gasteiger partial charge in [-0.2, -0.15) is 0 Å². The molecule has 1 aromatic heterocycles. The van der Waals surface area contributed by atoms with Crippen molar-refractivity contribution < 1.29 is 9.59 Å². The van der Waals surface area contributed by atoms with E-state index >= 15 is 0 Å². The zero-order chi connectivity index (χ0) is 19.4. The van der Waals surface area contributed by atoms with Gasteiger partial charge in [-0.05, 0) is 42.8 Å². The van der Waals surface area contributed by atoms with E-state index in [1.807, 2.05) is 26.2 Å². The maximum Gasteiger partial charge on any atom is 0.261 e. The highest BCUT2D eigenvalue weighted by atomic mass is 32.1. The zero-order valence-electron chi connectivity index (χ0n) is 16.5. The third-order valence-electron chi connectivity index (χ3n) is 5.41. The van der Waals surface area contributed by atoms with Gasteiger partial charge in [0, 0.05) is 31.9 Å². The molecule has 1 aliphatic heterocycles. The number of likely N-dealkylation sites (N-methyl/N-ethyl adjacent to an activating group) is 1.